The summed E-state index contributed by atoms with van der Waals surface area (Å²) in [6, 6.07) is 0.115. The Labute approximate surface area is 213 Å². The highest BCUT2D eigenvalue weighted by atomic mass is 16.5. The molecule has 0 aromatic carbocycles. The molecule has 0 bridgehead atoms. The molecule has 35 heavy (non-hydrogen) atoms. The molecule has 2 N–H and O–H groups in total. The van der Waals surface area contributed by atoms with E-state index in [0.29, 0.717) is 23.3 Å². The minimum absolute atomic E-state index is 0.115. The number of hydrogen-bond acceptors (Lipinski definition) is 5. The van der Waals surface area contributed by atoms with Crippen molar-refractivity contribution in [3.63, 3.8) is 0 Å². The summed E-state index contributed by atoms with van der Waals surface area (Å²) in [5.41, 5.74) is 8.14. The maximum absolute atomic E-state index is 6.19. The van der Waals surface area contributed by atoms with Crippen LogP contribution >= 0.6 is 0 Å². The second-order valence-corrected chi connectivity index (χ2v) is 13.5. The van der Waals surface area contributed by atoms with E-state index in [9.17, 15) is 0 Å². The van der Waals surface area contributed by atoms with E-state index in [1.165, 1.54) is 57.8 Å². The second-order valence-electron chi connectivity index (χ2n) is 13.5. The van der Waals surface area contributed by atoms with Crippen LogP contribution in [0.25, 0.3) is 0 Å². The van der Waals surface area contributed by atoms with Gasteiger partial charge in [0, 0.05) is 0 Å². The number of anilines is 1. The zero-order valence-electron chi connectivity index (χ0n) is 22.9. The van der Waals surface area contributed by atoms with Crippen molar-refractivity contribution >= 4 is 6.01 Å². The van der Waals surface area contributed by atoms with Crippen molar-refractivity contribution < 1.29 is 9.15 Å². The fraction of sp³-hybridized carbons (Fsp3) is 0.867. The maximum Gasteiger partial charge on any atom is 0.312 e. The van der Waals surface area contributed by atoms with Gasteiger partial charge in [0.1, 0.15) is 6.61 Å². The Morgan fingerprint density at radius 2 is 1.89 bits per heavy atom. The third-order valence-corrected chi connectivity index (χ3v) is 11.2. The number of nitrogens with two attached hydrogens (primary N) is 1. The van der Waals surface area contributed by atoms with Crippen molar-refractivity contribution in [2.24, 2.45) is 46.3 Å². The van der Waals surface area contributed by atoms with Crippen LogP contribution in [0.1, 0.15) is 111 Å². The lowest BCUT2D eigenvalue weighted by Gasteiger charge is -2.58. The average molecular weight is 484 g/mol. The number of hydrogen-bond donors (Lipinski definition) is 1. The van der Waals surface area contributed by atoms with E-state index in [1.807, 2.05) is 0 Å². The zero-order valence-corrected chi connectivity index (χ0v) is 22.9. The van der Waals surface area contributed by atoms with Crippen LogP contribution in [0.5, 0.6) is 0 Å². The molecule has 5 nitrogen and oxygen atoms in total. The molecule has 1 heterocycles. The zero-order chi connectivity index (χ0) is 24.8. The molecule has 3 fully saturated rings. The van der Waals surface area contributed by atoms with Gasteiger partial charge in [0.2, 0.25) is 5.89 Å². The van der Waals surface area contributed by atoms with Crippen molar-refractivity contribution in [1.82, 2.24) is 10.2 Å². The van der Waals surface area contributed by atoms with Gasteiger partial charge >= 0.3 is 6.01 Å². The molecule has 8 atom stereocenters. The summed E-state index contributed by atoms with van der Waals surface area (Å²) in [5, 5.41) is 7.69. The molecular formula is C30H49N3O2. The smallest absolute Gasteiger partial charge is 0.312 e. The van der Waals surface area contributed by atoms with E-state index >= 15 is 0 Å². The molecule has 5 heteroatoms. The Morgan fingerprint density at radius 3 is 2.63 bits per heavy atom. The molecule has 0 saturated heterocycles. The van der Waals surface area contributed by atoms with Crippen LogP contribution in [0, 0.1) is 46.3 Å². The highest BCUT2D eigenvalue weighted by Crippen LogP contribution is 2.67. The van der Waals surface area contributed by atoms with Gasteiger partial charge in [-0.15, -0.1) is 5.10 Å². The van der Waals surface area contributed by atoms with Crippen LogP contribution < -0.4 is 5.73 Å². The molecule has 196 valence electrons. The first-order chi connectivity index (χ1) is 16.7. The molecule has 1 aromatic heterocycles. The average Bonchev–Trinajstić information content (AvgIpc) is 3.39. The van der Waals surface area contributed by atoms with Crippen LogP contribution in [0.4, 0.5) is 6.01 Å². The molecule has 0 amide bonds. The van der Waals surface area contributed by atoms with Gasteiger partial charge in [-0.05, 0) is 97.7 Å². The summed E-state index contributed by atoms with van der Waals surface area (Å²) in [6.45, 7) is 13.0. The fourth-order valence-corrected chi connectivity index (χ4v) is 9.31. The quantitative estimate of drug-likeness (QED) is 0.386. The Balaban J connectivity index is 1.23. The lowest BCUT2D eigenvalue weighted by atomic mass is 9.47. The molecular weight excluding hydrogens is 434 g/mol. The number of allylic oxidation sites excluding steroid dienone is 1. The van der Waals surface area contributed by atoms with Crippen molar-refractivity contribution in [3.05, 3.63) is 17.5 Å². The lowest BCUT2D eigenvalue weighted by molar-refractivity contribution is -0.0669. The van der Waals surface area contributed by atoms with Crippen LogP contribution in [0.2, 0.25) is 0 Å². The van der Waals surface area contributed by atoms with Crippen molar-refractivity contribution in [1.29, 1.82) is 0 Å². The van der Waals surface area contributed by atoms with Crippen LogP contribution in [0.15, 0.2) is 16.1 Å². The summed E-state index contributed by atoms with van der Waals surface area (Å²) < 4.78 is 11.5. The normalized spacial score (nSPS) is 39.6. The molecule has 5 rings (SSSR count). The van der Waals surface area contributed by atoms with Crippen LogP contribution in [-0.2, 0) is 11.3 Å². The van der Waals surface area contributed by atoms with Gasteiger partial charge in [0.25, 0.3) is 0 Å². The molecule has 1 aromatic rings. The SMILES string of the molecule is CC(C)CCC[C@@H](C)[C@H]1CC[C@H]2[C@@H]3CC=C4C[C@@H](OCc5nnc(N)o5)CC[C@]4(C)[C@H]3CC[C@]12C. The first-order valence-electron chi connectivity index (χ1n) is 14.6. The lowest BCUT2D eigenvalue weighted by Crippen LogP contribution is -2.51. The standard InChI is InChI=1S/C30H49N3O2/c1-19(2)7-6-8-20(3)24-11-12-25-23-10-9-21-17-22(34-18-27-32-33-28(31)35-27)13-15-29(21,4)26(23)14-16-30(24,25)5/h9,19-20,22-26H,6-8,10-18H2,1-5H3,(H2,31,33)/t20-,22+,23+,24-,25+,26+,29+,30-/m1/s1. The summed E-state index contributed by atoms with van der Waals surface area (Å²) >= 11 is 0. The van der Waals surface area contributed by atoms with Crippen molar-refractivity contribution in [3.8, 4) is 0 Å². The Bertz CT molecular complexity index is 909. The third kappa shape index (κ3) is 4.71. The molecule has 4 aliphatic carbocycles. The van der Waals surface area contributed by atoms with Crippen LogP contribution in [0.3, 0.4) is 0 Å². The highest BCUT2D eigenvalue weighted by Gasteiger charge is 2.59. The third-order valence-electron chi connectivity index (χ3n) is 11.2. The van der Waals surface area contributed by atoms with Gasteiger partial charge in [-0.1, -0.05) is 70.6 Å². The van der Waals surface area contributed by atoms with Gasteiger partial charge < -0.3 is 14.9 Å². The molecule has 0 aliphatic heterocycles. The van der Waals surface area contributed by atoms with Crippen molar-refractivity contribution in [2.75, 3.05) is 5.73 Å². The highest BCUT2D eigenvalue weighted by molar-refractivity contribution is 5.25. The predicted octanol–water partition coefficient (Wildman–Crippen LogP) is 7.58. The minimum Gasteiger partial charge on any atom is -0.406 e. The largest absolute Gasteiger partial charge is 0.406 e. The van der Waals surface area contributed by atoms with E-state index in [-0.39, 0.29) is 12.1 Å². The Hall–Kier alpha value is -1.36. The van der Waals surface area contributed by atoms with Gasteiger partial charge in [-0.3, -0.25) is 0 Å². The van der Waals surface area contributed by atoms with Gasteiger partial charge in [0.05, 0.1) is 6.10 Å². The van der Waals surface area contributed by atoms with E-state index in [0.717, 1.165) is 48.3 Å². The monoisotopic (exact) mass is 483 g/mol. The molecule has 0 spiro atoms. The first-order valence-corrected chi connectivity index (χ1v) is 14.6. The molecule has 4 aliphatic rings. The summed E-state index contributed by atoms with van der Waals surface area (Å²) in [5.74, 6) is 5.79. The van der Waals surface area contributed by atoms with Gasteiger partial charge in [-0.25, -0.2) is 0 Å². The number of rotatable bonds is 8. The molecule has 0 unspecified atom stereocenters. The summed E-state index contributed by atoms with van der Waals surface area (Å²) in [4.78, 5) is 0. The van der Waals surface area contributed by atoms with Gasteiger partial charge in [0.15, 0.2) is 0 Å². The number of fused-ring (bicyclic) bond motifs is 5. The van der Waals surface area contributed by atoms with E-state index < -0.39 is 0 Å². The Morgan fingerprint density at radius 1 is 1.06 bits per heavy atom. The minimum atomic E-state index is 0.115. The van der Waals surface area contributed by atoms with E-state index in [2.05, 4.69) is 50.9 Å². The number of nitrogen functional groups attached to an aromatic ring is 1. The number of ether oxygens (including phenoxy) is 1. The van der Waals surface area contributed by atoms with Crippen molar-refractivity contribution in [2.45, 2.75) is 118 Å². The summed E-state index contributed by atoms with van der Waals surface area (Å²) in [6.07, 6.45) is 17.6. The maximum atomic E-state index is 6.19. The number of aromatic nitrogens is 2. The predicted molar refractivity (Wildman–Crippen MR) is 140 cm³/mol. The molecule has 0 radical (unpaired) electrons. The molecule has 3 saturated carbocycles. The van der Waals surface area contributed by atoms with E-state index in [4.69, 9.17) is 14.9 Å². The summed E-state index contributed by atoms with van der Waals surface area (Å²) in [7, 11) is 0. The Kier molecular flexibility index (Phi) is 7.11. The topological polar surface area (TPSA) is 74.2 Å². The van der Waals surface area contributed by atoms with Gasteiger partial charge in [-0.2, -0.15) is 0 Å². The second kappa shape index (κ2) is 9.84. The van der Waals surface area contributed by atoms with E-state index in [1.54, 1.807) is 5.57 Å². The number of nitrogens with zero attached hydrogens (tertiary/aromatic N) is 2. The first kappa shape index (κ1) is 25.3. The fourth-order valence-electron chi connectivity index (χ4n) is 9.31. The van der Waals surface area contributed by atoms with Crippen LogP contribution in [-0.4, -0.2) is 16.3 Å².